The highest BCUT2D eigenvalue weighted by atomic mass is 32.1. The lowest BCUT2D eigenvalue weighted by atomic mass is 9.92. The van der Waals surface area contributed by atoms with Gasteiger partial charge in [0.15, 0.2) is 0 Å². The molecule has 0 amide bonds. The summed E-state index contributed by atoms with van der Waals surface area (Å²) in [5, 5.41) is 14.3. The maximum Gasteiger partial charge on any atom is 0.116 e. The van der Waals surface area contributed by atoms with Gasteiger partial charge in [0.1, 0.15) is 5.60 Å². The van der Waals surface area contributed by atoms with Gasteiger partial charge in [0.2, 0.25) is 0 Å². The Morgan fingerprint density at radius 3 is 2.72 bits per heavy atom. The number of aryl methyl sites for hydroxylation is 1. The van der Waals surface area contributed by atoms with Crippen LogP contribution in [0.15, 0.2) is 36.4 Å². The van der Waals surface area contributed by atoms with Gasteiger partial charge >= 0.3 is 0 Å². The van der Waals surface area contributed by atoms with E-state index >= 15 is 0 Å². The molecule has 3 heteroatoms. The monoisotopic (exact) mass is 259 g/mol. The van der Waals surface area contributed by atoms with Crippen LogP contribution in [0.25, 0.3) is 0 Å². The second-order valence-corrected chi connectivity index (χ2v) is 6.40. The molecule has 3 rings (SSSR count). The van der Waals surface area contributed by atoms with E-state index in [0.29, 0.717) is 0 Å². The lowest BCUT2D eigenvalue weighted by molar-refractivity contribution is 0.0419. The molecule has 2 unspecified atom stereocenters. The molecule has 1 aromatic heterocycles. The first kappa shape index (κ1) is 11.8. The van der Waals surface area contributed by atoms with Crippen molar-refractivity contribution < 1.29 is 5.11 Å². The molecule has 1 aliphatic rings. The van der Waals surface area contributed by atoms with Gasteiger partial charge in [-0.2, -0.15) is 0 Å². The van der Waals surface area contributed by atoms with Crippen LogP contribution in [0.5, 0.6) is 0 Å². The molecule has 2 heterocycles. The number of hydrogen-bond acceptors (Lipinski definition) is 3. The number of nitrogens with one attached hydrogen (secondary N) is 1. The van der Waals surface area contributed by atoms with Crippen molar-refractivity contribution >= 4 is 17.0 Å². The summed E-state index contributed by atoms with van der Waals surface area (Å²) in [4.78, 5) is 2.27. The number of aliphatic hydroxyl groups is 1. The second kappa shape index (κ2) is 4.11. The molecule has 2 atom stereocenters. The fourth-order valence-electron chi connectivity index (χ4n) is 2.52. The van der Waals surface area contributed by atoms with Crippen molar-refractivity contribution in [1.29, 1.82) is 0 Å². The first-order valence-corrected chi connectivity index (χ1v) is 7.03. The zero-order chi connectivity index (χ0) is 12.8. The third-order valence-corrected chi connectivity index (χ3v) is 4.92. The highest BCUT2D eigenvalue weighted by Crippen LogP contribution is 2.38. The number of hydrogen-bond donors (Lipinski definition) is 2. The Bertz CT molecular complexity index is 548. The van der Waals surface area contributed by atoms with Crippen LogP contribution < -0.4 is 5.32 Å². The largest absolute Gasteiger partial charge is 0.382 e. The van der Waals surface area contributed by atoms with E-state index < -0.39 is 5.60 Å². The number of para-hydroxylation sites is 1. The summed E-state index contributed by atoms with van der Waals surface area (Å²) in [6.07, 6.45) is 0.875. The van der Waals surface area contributed by atoms with Gasteiger partial charge in [0.05, 0.1) is 6.04 Å². The quantitative estimate of drug-likeness (QED) is 0.867. The van der Waals surface area contributed by atoms with E-state index in [0.717, 1.165) is 17.0 Å². The maximum atomic E-state index is 10.8. The van der Waals surface area contributed by atoms with E-state index in [9.17, 15) is 5.11 Å². The SMILES string of the molecule is Cc1ccc(C(C)(O)C2Cc3ccccc3N2)s1. The van der Waals surface area contributed by atoms with E-state index in [4.69, 9.17) is 0 Å². The highest BCUT2D eigenvalue weighted by molar-refractivity contribution is 7.12. The minimum Gasteiger partial charge on any atom is -0.382 e. The average molecular weight is 259 g/mol. The summed E-state index contributed by atoms with van der Waals surface area (Å²) in [6, 6.07) is 12.4. The van der Waals surface area contributed by atoms with Crippen LogP contribution in [-0.2, 0) is 12.0 Å². The normalized spacial score (nSPS) is 21.2. The number of thiophene rings is 1. The van der Waals surface area contributed by atoms with Crippen molar-refractivity contribution in [2.75, 3.05) is 5.32 Å². The van der Waals surface area contributed by atoms with Gasteiger partial charge in [0.25, 0.3) is 0 Å². The second-order valence-electron chi connectivity index (χ2n) is 5.12. The third kappa shape index (κ3) is 1.84. The predicted molar refractivity (Wildman–Crippen MR) is 76.2 cm³/mol. The maximum absolute atomic E-state index is 10.8. The Balaban J connectivity index is 1.89. The minimum absolute atomic E-state index is 0.0490. The molecular formula is C15H17NOS. The first-order chi connectivity index (χ1) is 8.57. The van der Waals surface area contributed by atoms with Gasteiger partial charge < -0.3 is 10.4 Å². The molecular weight excluding hydrogens is 242 g/mol. The first-order valence-electron chi connectivity index (χ1n) is 6.21. The van der Waals surface area contributed by atoms with Gasteiger partial charge in [-0.1, -0.05) is 18.2 Å². The van der Waals surface area contributed by atoms with Crippen LogP contribution >= 0.6 is 11.3 Å². The van der Waals surface area contributed by atoms with Crippen molar-refractivity contribution in [1.82, 2.24) is 0 Å². The minimum atomic E-state index is -0.821. The van der Waals surface area contributed by atoms with Crippen molar-refractivity contribution in [2.45, 2.75) is 31.9 Å². The van der Waals surface area contributed by atoms with Crippen LogP contribution in [0.2, 0.25) is 0 Å². The number of fused-ring (bicyclic) bond motifs is 1. The van der Waals surface area contributed by atoms with Crippen LogP contribution in [0.4, 0.5) is 5.69 Å². The number of anilines is 1. The smallest absolute Gasteiger partial charge is 0.116 e. The lowest BCUT2D eigenvalue weighted by Crippen LogP contribution is -2.40. The van der Waals surface area contributed by atoms with Crippen LogP contribution in [0, 0.1) is 6.92 Å². The topological polar surface area (TPSA) is 32.3 Å². The van der Waals surface area contributed by atoms with E-state index in [1.807, 2.05) is 25.1 Å². The van der Waals surface area contributed by atoms with Gasteiger partial charge in [-0.25, -0.2) is 0 Å². The summed E-state index contributed by atoms with van der Waals surface area (Å²) in [6.45, 7) is 3.98. The summed E-state index contributed by atoms with van der Waals surface area (Å²) >= 11 is 1.67. The van der Waals surface area contributed by atoms with Crippen molar-refractivity contribution in [3.05, 3.63) is 51.7 Å². The molecule has 0 fully saturated rings. The van der Waals surface area contributed by atoms with E-state index in [1.54, 1.807) is 11.3 Å². The molecule has 2 nitrogen and oxygen atoms in total. The lowest BCUT2D eigenvalue weighted by Gasteiger charge is -2.29. The molecule has 2 aromatic rings. The molecule has 2 N–H and O–H groups in total. The molecule has 1 aliphatic heterocycles. The zero-order valence-corrected chi connectivity index (χ0v) is 11.4. The Hall–Kier alpha value is -1.32. The summed E-state index contributed by atoms with van der Waals surface area (Å²) in [7, 11) is 0. The molecule has 0 aliphatic carbocycles. The summed E-state index contributed by atoms with van der Waals surface area (Å²) in [5.41, 5.74) is 1.62. The summed E-state index contributed by atoms with van der Waals surface area (Å²) in [5.74, 6) is 0. The Labute approximate surface area is 111 Å². The Kier molecular flexibility index (Phi) is 2.68. The number of benzene rings is 1. The van der Waals surface area contributed by atoms with Crippen molar-refractivity contribution in [2.24, 2.45) is 0 Å². The van der Waals surface area contributed by atoms with Gasteiger partial charge in [-0.15, -0.1) is 11.3 Å². The molecule has 0 radical (unpaired) electrons. The third-order valence-electron chi connectivity index (χ3n) is 3.69. The molecule has 0 saturated heterocycles. The zero-order valence-electron chi connectivity index (χ0n) is 10.6. The standard InChI is InChI=1S/C15H17NOS/c1-10-7-8-14(18-10)15(2,17)13-9-11-5-3-4-6-12(11)16-13/h3-8,13,16-17H,9H2,1-2H3. The molecule has 0 saturated carbocycles. The summed E-state index contributed by atoms with van der Waals surface area (Å²) < 4.78 is 0. The Morgan fingerprint density at radius 2 is 2.06 bits per heavy atom. The number of rotatable bonds is 2. The van der Waals surface area contributed by atoms with Gasteiger partial charge in [-0.05, 0) is 44.0 Å². The van der Waals surface area contributed by atoms with Crippen molar-refractivity contribution in [3.63, 3.8) is 0 Å². The van der Waals surface area contributed by atoms with Crippen LogP contribution in [0.1, 0.15) is 22.2 Å². The Morgan fingerprint density at radius 1 is 1.28 bits per heavy atom. The van der Waals surface area contributed by atoms with E-state index in [-0.39, 0.29) is 6.04 Å². The molecule has 0 bridgehead atoms. The van der Waals surface area contributed by atoms with Crippen molar-refractivity contribution in [3.8, 4) is 0 Å². The predicted octanol–water partition coefficient (Wildman–Crippen LogP) is 3.30. The molecule has 1 aromatic carbocycles. The average Bonchev–Trinajstić information content (AvgIpc) is 2.94. The highest BCUT2D eigenvalue weighted by Gasteiger charge is 2.38. The van der Waals surface area contributed by atoms with Crippen LogP contribution in [-0.4, -0.2) is 11.1 Å². The van der Waals surface area contributed by atoms with E-state index in [1.165, 1.54) is 10.4 Å². The fourth-order valence-corrected chi connectivity index (χ4v) is 3.48. The van der Waals surface area contributed by atoms with Crippen LogP contribution in [0.3, 0.4) is 0 Å². The van der Waals surface area contributed by atoms with E-state index in [2.05, 4.69) is 30.4 Å². The fraction of sp³-hybridized carbons (Fsp3) is 0.333. The molecule has 94 valence electrons. The van der Waals surface area contributed by atoms with Gasteiger partial charge in [-0.3, -0.25) is 0 Å². The molecule has 0 spiro atoms. The van der Waals surface area contributed by atoms with Gasteiger partial charge in [0, 0.05) is 15.4 Å². The molecule has 18 heavy (non-hydrogen) atoms.